The van der Waals surface area contributed by atoms with Crippen LogP contribution < -0.4 is 5.73 Å². The van der Waals surface area contributed by atoms with Crippen molar-refractivity contribution in [1.29, 1.82) is 0 Å². The van der Waals surface area contributed by atoms with Crippen LogP contribution in [0, 0.1) is 17.8 Å². The van der Waals surface area contributed by atoms with Crippen LogP contribution in [0.3, 0.4) is 0 Å². The molecule has 0 radical (unpaired) electrons. The lowest BCUT2D eigenvalue weighted by molar-refractivity contribution is -0.114. The smallest absolute Gasteiger partial charge is 0.146 e. The van der Waals surface area contributed by atoms with Crippen molar-refractivity contribution in [3.63, 3.8) is 0 Å². The molecule has 0 amide bonds. The molecule has 4 unspecified atom stereocenters. The summed E-state index contributed by atoms with van der Waals surface area (Å²) in [5, 5.41) is 19.6. The van der Waals surface area contributed by atoms with E-state index in [1.807, 2.05) is 13.8 Å². The highest BCUT2D eigenvalue weighted by Crippen LogP contribution is 2.45. The van der Waals surface area contributed by atoms with Crippen LogP contribution >= 0.6 is 0 Å². The Bertz CT molecular complexity index is 257. The van der Waals surface area contributed by atoms with E-state index in [4.69, 9.17) is 5.73 Å². The highest BCUT2D eigenvalue weighted by Gasteiger charge is 2.60. The van der Waals surface area contributed by atoms with Crippen molar-refractivity contribution in [1.82, 2.24) is 0 Å². The Labute approximate surface area is 90.5 Å². The van der Waals surface area contributed by atoms with Gasteiger partial charge in [0.2, 0.25) is 0 Å². The normalized spacial score (nSPS) is 30.5. The van der Waals surface area contributed by atoms with Gasteiger partial charge in [-0.05, 0) is 19.8 Å². The van der Waals surface area contributed by atoms with Gasteiger partial charge in [0.15, 0.2) is 0 Å². The Morgan fingerprint density at radius 1 is 1.40 bits per heavy atom. The summed E-state index contributed by atoms with van der Waals surface area (Å²) in [5.74, 6) is -0.901. The van der Waals surface area contributed by atoms with Gasteiger partial charge in [-0.15, -0.1) is 0 Å². The molecule has 1 aliphatic rings. The number of Topliss-reactive ketones (excluding diaryl/α,β-unsaturated/α-hetero) is 1. The highest BCUT2D eigenvalue weighted by atomic mass is 16.3. The van der Waals surface area contributed by atoms with Crippen molar-refractivity contribution in [3.8, 4) is 0 Å². The molecule has 15 heavy (non-hydrogen) atoms. The summed E-state index contributed by atoms with van der Waals surface area (Å²) in [6, 6.07) is -0.411. The van der Waals surface area contributed by atoms with Crippen LogP contribution in [-0.2, 0) is 4.79 Å². The van der Waals surface area contributed by atoms with Crippen LogP contribution in [0.2, 0.25) is 0 Å². The van der Waals surface area contributed by atoms with E-state index in [0.717, 1.165) is 0 Å². The zero-order chi connectivity index (χ0) is 12.0. The van der Waals surface area contributed by atoms with Gasteiger partial charge >= 0.3 is 0 Å². The third kappa shape index (κ3) is 2.38. The van der Waals surface area contributed by atoms with Crippen LogP contribution in [0.4, 0.5) is 0 Å². The third-order valence-electron chi connectivity index (χ3n) is 3.18. The molecule has 0 spiro atoms. The van der Waals surface area contributed by atoms with Crippen LogP contribution in [0.5, 0.6) is 0 Å². The Hall–Kier alpha value is -0.450. The van der Waals surface area contributed by atoms with Crippen molar-refractivity contribution >= 4 is 5.78 Å². The van der Waals surface area contributed by atoms with Crippen molar-refractivity contribution < 1.29 is 15.0 Å². The minimum absolute atomic E-state index is 0.0777. The second kappa shape index (κ2) is 3.85. The van der Waals surface area contributed by atoms with Gasteiger partial charge in [0, 0.05) is 6.04 Å². The maximum Gasteiger partial charge on any atom is 0.146 e. The summed E-state index contributed by atoms with van der Waals surface area (Å²) < 4.78 is 0. The van der Waals surface area contributed by atoms with E-state index >= 15 is 0 Å². The molecule has 4 heteroatoms. The first-order valence-electron chi connectivity index (χ1n) is 5.37. The third-order valence-corrected chi connectivity index (χ3v) is 3.18. The molecular weight excluding hydrogens is 194 g/mol. The number of aliphatic hydroxyl groups is 2. The fourth-order valence-corrected chi connectivity index (χ4v) is 2.05. The van der Waals surface area contributed by atoms with Crippen molar-refractivity contribution in [2.45, 2.75) is 45.4 Å². The summed E-state index contributed by atoms with van der Waals surface area (Å²) in [7, 11) is 0. The Morgan fingerprint density at radius 2 is 1.87 bits per heavy atom. The number of nitrogens with two attached hydrogens (primary N) is 1. The zero-order valence-electron chi connectivity index (χ0n) is 9.77. The first-order valence-corrected chi connectivity index (χ1v) is 5.37. The van der Waals surface area contributed by atoms with Gasteiger partial charge in [-0.3, -0.25) is 4.79 Å². The standard InChI is InChI=1S/C11H21NO3/c1-5(2)8(12)10(14)6-7(9(6)13)11(3,4)15/h5-8,10,14-15H,12H2,1-4H3. The van der Waals surface area contributed by atoms with Crippen LogP contribution in [-0.4, -0.2) is 33.7 Å². The van der Waals surface area contributed by atoms with Crippen molar-refractivity contribution in [2.75, 3.05) is 0 Å². The molecule has 4 N–H and O–H groups in total. The lowest BCUT2D eigenvalue weighted by Crippen LogP contribution is -2.42. The lowest BCUT2D eigenvalue weighted by Gasteiger charge is -2.23. The zero-order valence-corrected chi connectivity index (χ0v) is 9.77. The fourth-order valence-electron chi connectivity index (χ4n) is 2.05. The Balaban J connectivity index is 2.66. The molecule has 0 aromatic heterocycles. The Morgan fingerprint density at radius 3 is 2.13 bits per heavy atom. The van der Waals surface area contributed by atoms with E-state index in [0.29, 0.717) is 0 Å². The largest absolute Gasteiger partial charge is 0.391 e. The van der Waals surface area contributed by atoms with E-state index < -0.39 is 29.6 Å². The number of carbonyl (C=O) groups excluding carboxylic acids is 1. The molecule has 4 nitrogen and oxygen atoms in total. The molecule has 88 valence electrons. The minimum atomic E-state index is -1.06. The Kier molecular flexibility index (Phi) is 3.24. The van der Waals surface area contributed by atoms with Gasteiger partial charge in [0.05, 0.1) is 23.5 Å². The number of hydrogen-bond acceptors (Lipinski definition) is 4. The van der Waals surface area contributed by atoms with Crippen molar-refractivity contribution in [2.24, 2.45) is 23.5 Å². The highest BCUT2D eigenvalue weighted by molar-refractivity contribution is 6.01. The average Bonchev–Trinajstić information content (AvgIpc) is 2.73. The van der Waals surface area contributed by atoms with Gasteiger partial charge < -0.3 is 15.9 Å². The molecule has 0 aromatic carbocycles. The fraction of sp³-hybridized carbons (Fsp3) is 0.909. The molecule has 1 fully saturated rings. The van der Waals surface area contributed by atoms with E-state index in [-0.39, 0.29) is 11.7 Å². The predicted octanol–water partition coefficient (Wildman–Crippen LogP) is -0.0834. The van der Waals surface area contributed by atoms with Gasteiger partial charge in [0.25, 0.3) is 0 Å². The molecule has 0 saturated heterocycles. The number of hydrogen-bond donors (Lipinski definition) is 3. The molecule has 0 aromatic rings. The second-order valence-corrected chi connectivity index (χ2v) is 5.37. The molecule has 0 heterocycles. The molecule has 1 aliphatic carbocycles. The molecule has 4 atom stereocenters. The molecule has 0 aliphatic heterocycles. The maximum atomic E-state index is 11.5. The van der Waals surface area contributed by atoms with Crippen LogP contribution in [0.25, 0.3) is 0 Å². The summed E-state index contributed by atoms with van der Waals surface area (Å²) in [4.78, 5) is 11.5. The maximum absolute atomic E-state index is 11.5. The number of aliphatic hydroxyl groups excluding tert-OH is 1. The average molecular weight is 215 g/mol. The van der Waals surface area contributed by atoms with Crippen LogP contribution in [0.1, 0.15) is 27.7 Å². The second-order valence-electron chi connectivity index (χ2n) is 5.37. The van der Waals surface area contributed by atoms with E-state index in [2.05, 4.69) is 0 Å². The van der Waals surface area contributed by atoms with E-state index in [9.17, 15) is 15.0 Å². The van der Waals surface area contributed by atoms with E-state index in [1.54, 1.807) is 13.8 Å². The monoisotopic (exact) mass is 215 g/mol. The molecule has 0 bridgehead atoms. The van der Waals surface area contributed by atoms with Gasteiger partial charge in [0.1, 0.15) is 5.78 Å². The number of carbonyl (C=O) groups is 1. The first kappa shape index (κ1) is 12.6. The SMILES string of the molecule is CC(C)C(N)C(O)C1C(=O)C1C(C)(C)O. The van der Waals surface area contributed by atoms with Gasteiger partial charge in [-0.2, -0.15) is 0 Å². The van der Waals surface area contributed by atoms with Crippen molar-refractivity contribution in [3.05, 3.63) is 0 Å². The first-order chi connectivity index (χ1) is 6.68. The van der Waals surface area contributed by atoms with Gasteiger partial charge in [-0.1, -0.05) is 13.8 Å². The summed E-state index contributed by atoms with van der Waals surface area (Å²) >= 11 is 0. The minimum Gasteiger partial charge on any atom is -0.391 e. The van der Waals surface area contributed by atoms with Crippen LogP contribution in [0.15, 0.2) is 0 Å². The van der Waals surface area contributed by atoms with Gasteiger partial charge in [-0.25, -0.2) is 0 Å². The summed E-state index contributed by atoms with van der Waals surface area (Å²) in [6.07, 6.45) is -0.839. The molecule has 1 saturated carbocycles. The molecular formula is C11H21NO3. The number of ketones is 1. The topological polar surface area (TPSA) is 83.5 Å². The van der Waals surface area contributed by atoms with E-state index in [1.165, 1.54) is 0 Å². The predicted molar refractivity (Wildman–Crippen MR) is 57.1 cm³/mol. The number of rotatable bonds is 4. The quantitative estimate of drug-likeness (QED) is 0.612. The summed E-state index contributed by atoms with van der Waals surface area (Å²) in [5.41, 5.74) is 4.73. The lowest BCUT2D eigenvalue weighted by atomic mass is 9.92. The summed E-state index contributed by atoms with van der Waals surface area (Å²) in [6.45, 7) is 6.98. The molecule has 1 rings (SSSR count).